The smallest absolute Gasteiger partial charge is 0.0361 e. The van der Waals surface area contributed by atoms with Gasteiger partial charge in [-0.25, -0.2) is 0 Å². The summed E-state index contributed by atoms with van der Waals surface area (Å²) in [5, 5.41) is 14.7. The second kappa shape index (κ2) is 3.30. The van der Waals surface area contributed by atoms with E-state index in [-0.39, 0.29) is 0 Å². The first kappa shape index (κ1) is 8.65. The Hall–Kier alpha value is -1.44. The molecule has 0 amide bonds. The summed E-state index contributed by atoms with van der Waals surface area (Å²) in [6, 6.07) is 5.73. The lowest BCUT2D eigenvalue weighted by molar-refractivity contribution is 1.38. The summed E-state index contributed by atoms with van der Waals surface area (Å²) < 4.78 is 0. The van der Waals surface area contributed by atoms with Gasteiger partial charge in [0.15, 0.2) is 0 Å². The van der Waals surface area contributed by atoms with Crippen molar-refractivity contribution in [3.8, 4) is 0 Å². The fraction of sp³-hybridized carbons (Fsp3) is 0.200. The van der Waals surface area contributed by atoms with Crippen molar-refractivity contribution in [2.24, 2.45) is 0 Å². The molecule has 0 saturated carbocycles. The zero-order valence-corrected chi connectivity index (χ0v) is 7.31. The maximum atomic E-state index is 7.47. The third-order valence-electron chi connectivity index (χ3n) is 1.87. The topological polar surface area (TPSA) is 47.7 Å². The molecule has 0 atom stereocenters. The van der Waals surface area contributed by atoms with E-state index in [1.165, 1.54) is 6.21 Å². The average Bonchev–Trinajstić information content (AvgIpc) is 2.03. The molecule has 0 spiro atoms. The van der Waals surface area contributed by atoms with Crippen LogP contribution in [0.3, 0.4) is 0 Å². The van der Waals surface area contributed by atoms with Crippen molar-refractivity contribution in [1.82, 2.24) is 0 Å². The largest absolute Gasteiger partial charge is 0.308 e. The molecule has 0 radical (unpaired) electrons. The van der Waals surface area contributed by atoms with E-state index in [9.17, 15) is 0 Å². The summed E-state index contributed by atoms with van der Waals surface area (Å²) in [7, 11) is 0. The highest BCUT2D eigenvalue weighted by molar-refractivity contribution is 6.03. The summed E-state index contributed by atoms with van der Waals surface area (Å²) >= 11 is 0. The minimum Gasteiger partial charge on any atom is -0.308 e. The predicted octanol–water partition coefficient (Wildman–Crippen LogP) is 2.38. The van der Waals surface area contributed by atoms with Crippen molar-refractivity contribution in [2.45, 2.75) is 13.8 Å². The highest BCUT2D eigenvalue weighted by atomic mass is 14.4. The fourth-order valence-corrected chi connectivity index (χ4v) is 1.20. The van der Waals surface area contributed by atoms with Crippen LogP contribution in [-0.4, -0.2) is 11.9 Å². The molecule has 0 aliphatic carbocycles. The summed E-state index contributed by atoms with van der Waals surface area (Å²) in [6.45, 7) is 3.69. The van der Waals surface area contributed by atoms with Crippen molar-refractivity contribution in [3.05, 3.63) is 34.9 Å². The summed E-state index contributed by atoms with van der Waals surface area (Å²) in [5.74, 6) is 0. The first-order valence-corrected chi connectivity index (χ1v) is 3.82. The van der Waals surface area contributed by atoms with Crippen LogP contribution in [0.1, 0.15) is 23.6 Å². The minimum absolute atomic E-state index is 0.511. The first-order chi connectivity index (χ1) is 5.66. The molecule has 0 aliphatic rings. The van der Waals surface area contributed by atoms with Crippen LogP contribution in [0, 0.1) is 17.7 Å². The summed E-state index contributed by atoms with van der Waals surface area (Å²) in [6.07, 6.45) is 1.31. The van der Waals surface area contributed by atoms with Gasteiger partial charge in [0.25, 0.3) is 0 Å². The van der Waals surface area contributed by atoms with E-state index in [2.05, 4.69) is 0 Å². The molecule has 1 aromatic rings. The first-order valence-electron chi connectivity index (χ1n) is 3.82. The number of aryl methyl sites for hydroxylation is 1. The Balaban J connectivity index is 3.37. The Labute approximate surface area is 72.3 Å². The Morgan fingerprint density at radius 1 is 1.42 bits per heavy atom. The molecule has 0 unspecified atom stereocenters. The molecule has 12 heavy (non-hydrogen) atoms. The van der Waals surface area contributed by atoms with E-state index in [1.54, 1.807) is 6.92 Å². The van der Waals surface area contributed by atoms with Crippen LogP contribution in [0.4, 0.5) is 0 Å². The van der Waals surface area contributed by atoms with Gasteiger partial charge in [-0.1, -0.05) is 18.2 Å². The quantitative estimate of drug-likeness (QED) is 0.624. The molecule has 2 nitrogen and oxygen atoms in total. The molecule has 2 heteroatoms. The normalized spacial score (nSPS) is 9.50. The van der Waals surface area contributed by atoms with Crippen LogP contribution in [0.2, 0.25) is 0 Å². The van der Waals surface area contributed by atoms with E-state index in [4.69, 9.17) is 10.8 Å². The maximum Gasteiger partial charge on any atom is 0.0361 e. The minimum atomic E-state index is 0.511. The van der Waals surface area contributed by atoms with Gasteiger partial charge in [0.05, 0.1) is 0 Å². The van der Waals surface area contributed by atoms with E-state index in [0.717, 1.165) is 16.7 Å². The molecular formula is C10H12N2. The van der Waals surface area contributed by atoms with Gasteiger partial charge in [-0.3, -0.25) is 0 Å². The molecule has 0 saturated heterocycles. The second-order valence-corrected chi connectivity index (χ2v) is 2.81. The number of benzene rings is 1. The fourth-order valence-electron chi connectivity index (χ4n) is 1.20. The van der Waals surface area contributed by atoms with E-state index < -0.39 is 0 Å². The van der Waals surface area contributed by atoms with Crippen LogP contribution in [0.5, 0.6) is 0 Å². The average molecular weight is 160 g/mol. The van der Waals surface area contributed by atoms with Gasteiger partial charge in [0.1, 0.15) is 0 Å². The van der Waals surface area contributed by atoms with Crippen molar-refractivity contribution < 1.29 is 0 Å². The van der Waals surface area contributed by atoms with Crippen molar-refractivity contribution in [1.29, 1.82) is 10.8 Å². The van der Waals surface area contributed by atoms with Gasteiger partial charge in [0, 0.05) is 23.1 Å². The van der Waals surface area contributed by atoms with Crippen LogP contribution in [0.25, 0.3) is 0 Å². The molecule has 62 valence electrons. The SMILES string of the molecule is CC(=N)c1cccc(C)c1C=N. The highest BCUT2D eigenvalue weighted by Crippen LogP contribution is 2.11. The molecule has 2 N–H and O–H groups in total. The molecule has 0 heterocycles. The van der Waals surface area contributed by atoms with E-state index in [1.807, 2.05) is 25.1 Å². The van der Waals surface area contributed by atoms with Gasteiger partial charge >= 0.3 is 0 Å². The monoisotopic (exact) mass is 160 g/mol. The number of nitrogens with one attached hydrogen (secondary N) is 2. The van der Waals surface area contributed by atoms with E-state index >= 15 is 0 Å². The zero-order chi connectivity index (χ0) is 9.14. The Kier molecular flexibility index (Phi) is 2.38. The standard InChI is InChI=1S/C10H12N2/c1-7-4-3-5-9(8(2)12)10(7)6-11/h3-6,11-12H,1-2H3. The zero-order valence-electron chi connectivity index (χ0n) is 7.31. The van der Waals surface area contributed by atoms with Crippen LogP contribution in [-0.2, 0) is 0 Å². The van der Waals surface area contributed by atoms with Gasteiger partial charge in [-0.15, -0.1) is 0 Å². The third kappa shape index (κ3) is 1.42. The molecule has 1 aromatic carbocycles. The Morgan fingerprint density at radius 3 is 2.50 bits per heavy atom. The molecule has 1 rings (SSSR count). The lowest BCUT2D eigenvalue weighted by Gasteiger charge is -2.05. The molecule has 0 aliphatic heterocycles. The number of hydrogen-bond acceptors (Lipinski definition) is 2. The van der Waals surface area contributed by atoms with Gasteiger partial charge in [-0.2, -0.15) is 0 Å². The maximum absolute atomic E-state index is 7.47. The molecule has 0 bridgehead atoms. The van der Waals surface area contributed by atoms with Crippen molar-refractivity contribution in [2.75, 3.05) is 0 Å². The van der Waals surface area contributed by atoms with Gasteiger partial charge in [0.2, 0.25) is 0 Å². The molecular weight excluding hydrogens is 148 g/mol. The lowest BCUT2D eigenvalue weighted by atomic mass is 10.00. The Morgan fingerprint density at radius 2 is 2.08 bits per heavy atom. The second-order valence-electron chi connectivity index (χ2n) is 2.81. The predicted molar refractivity (Wildman–Crippen MR) is 51.6 cm³/mol. The highest BCUT2D eigenvalue weighted by Gasteiger charge is 2.03. The lowest BCUT2D eigenvalue weighted by Crippen LogP contribution is -2.00. The van der Waals surface area contributed by atoms with Crippen LogP contribution >= 0.6 is 0 Å². The van der Waals surface area contributed by atoms with Crippen LogP contribution in [0.15, 0.2) is 18.2 Å². The van der Waals surface area contributed by atoms with E-state index in [0.29, 0.717) is 5.71 Å². The third-order valence-corrected chi connectivity index (χ3v) is 1.87. The Bertz CT molecular complexity index is 327. The van der Waals surface area contributed by atoms with Gasteiger partial charge < -0.3 is 10.8 Å². The van der Waals surface area contributed by atoms with Crippen molar-refractivity contribution in [3.63, 3.8) is 0 Å². The summed E-state index contributed by atoms with van der Waals surface area (Å²) in [4.78, 5) is 0. The molecule has 0 fully saturated rings. The van der Waals surface area contributed by atoms with Gasteiger partial charge in [-0.05, 0) is 19.4 Å². The molecule has 0 aromatic heterocycles. The number of rotatable bonds is 2. The summed E-state index contributed by atoms with van der Waals surface area (Å²) in [5.41, 5.74) is 3.27. The number of hydrogen-bond donors (Lipinski definition) is 2. The van der Waals surface area contributed by atoms with Crippen molar-refractivity contribution >= 4 is 11.9 Å². The van der Waals surface area contributed by atoms with Crippen LogP contribution < -0.4 is 0 Å².